The van der Waals surface area contributed by atoms with E-state index in [0.29, 0.717) is 21.4 Å². The van der Waals surface area contributed by atoms with Gasteiger partial charge in [0.2, 0.25) is 5.91 Å². The molecule has 0 aliphatic heterocycles. The van der Waals surface area contributed by atoms with Gasteiger partial charge in [-0.15, -0.1) is 0 Å². The number of hydrogen-bond donors (Lipinski definition) is 1. The van der Waals surface area contributed by atoms with E-state index in [4.69, 9.17) is 27.9 Å². The van der Waals surface area contributed by atoms with Gasteiger partial charge in [-0.2, -0.15) is 0 Å². The molecule has 1 aliphatic rings. The van der Waals surface area contributed by atoms with Gasteiger partial charge in [0.15, 0.2) is 6.61 Å². The summed E-state index contributed by atoms with van der Waals surface area (Å²) in [5.41, 5.74) is 0.608. The minimum Gasteiger partial charge on any atom is -0.484 e. The van der Waals surface area contributed by atoms with Crippen LogP contribution in [-0.2, 0) is 16.1 Å². The number of benzene rings is 2. The van der Waals surface area contributed by atoms with E-state index in [1.807, 2.05) is 18.2 Å². The zero-order valence-corrected chi connectivity index (χ0v) is 19.2. The number of ether oxygens (including phenoxy) is 1. The van der Waals surface area contributed by atoms with E-state index in [2.05, 4.69) is 5.32 Å². The van der Waals surface area contributed by atoms with Crippen molar-refractivity contribution in [1.82, 2.24) is 10.2 Å². The summed E-state index contributed by atoms with van der Waals surface area (Å²) < 4.78 is 5.64. The number of amides is 2. The lowest BCUT2D eigenvalue weighted by atomic mass is 9.95. The molecule has 5 nitrogen and oxygen atoms in total. The average Bonchev–Trinajstić information content (AvgIpc) is 2.78. The summed E-state index contributed by atoms with van der Waals surface area (Å²) in [4.78, 5) is 27.6. The summed E-state index contributed by atoms with van der Waals surface area (Å²) in [7, 11) is 0. The van der Waals surface area contributed by atoms with Crippen molar-refractivity contribution in [2.24, 2.45) is 0 Å². The molecule has 3 rings (SSSR count). The second kappa shape index (κ2) is 11.4. The quantitative estimate of drug-likeness (QED) is 0.583. The molecule has 1 aliphatic carbocycles. The Kier molecular flexibility index (Phi) is 8.61. The molecule has 2 amide bonds. The lowest BCUT2D eigenvalue weighted by Crippen LogP contribution is -2.51. The molecule has 1 fully saturated rings. The molecule has 0 heterocycles. The van der Waals surface area contributed by atoms with Crippen molar-refractivity contribution in [1.29, 1.82) is 0 Å². The molecule has 2 aromatic rings. The predicted molar refractivity (Wildman–Crippen MR) is 123 cm³/mol. The van der Waals surface area contributed by atoms with Gasteiger partial charge < -0.3 is 15.0 Å². The van der Waals surface area contributed by atoms with Gasteiger partial charge in [0, 0.05) is 28.2 Å². The third-order valence-corrected chi connectivity index (χ3v) is 6.32. The average molecular weight is 463 g/mol. The molecule has 1 atom stereocenters. The Bertz CT molecular complexity index is 865. The van der Waals surface area contributed by atoms with E-state index < -0.39 is 6.04 Å². The molecule has 7 heteroatoms. The Morgan fingerprint density at radius 2 is 1.68 bits per heavy atom. The number of rotatable bonds is 8. The SMILES string of the molecule is C[C@H](C(=O)NC1CCCCC1)N(Cc1c(Cl)cccc1Cl)C(=O)COc1ccccc1. The zero-order chi connectivity index (χ0) is 22.2. The van der Waals surface area contributed by atoms with E-state index in [0.717, 1.165) is 25.7 Å². The van der Waals surface area contributed by atoms with Crippen molar-refractivity contribution in [2.45, 2.75) is 57.7 Å². The smallest absolute Gasteiger partial charge is 0.261 e. The second-order valence-corrected chi connectivity index (χ2v) is 8.66. The third kappa shape index (κ3) is 6.62. The first-order valence-corrected chi connectivity index (χ1v) is 11.4. The van der Waals surface area contributed by atoms with Crippen LogP contribution < -0.4 is 10.1 Å². The second-order valence-electron chi connectivity index (χ2n) is 7.84. The van der Waals surface area contributed by atoms with Crippen molar-refractivity contribution in [3.8, 4) is 5.75 Å². The number of halogens is 2. The van der Waals surface area contributed by atoms with E-state index >= 15 is 0 Å². The number of carbonyl (C=O) groups is 2. The molecule has 0 bridgehead atoms. The summed E-state index contributed by atoms with van der Waals surface area (Å²) in [5.74, 6) is 0.0974. The van der Waals surface area contributed by atoms with Crippen LogP contribution in [0.4, 0.5) is 0 Å². The fourth-order valence-corrected chi connectivity index (χ4v) is 4.27. The molecule has 0 unspecified atom stereocenters. The number of para-hydroxylation sites is 1. The minimum absolute atomic E-state index is 0.120. The van der Waals surface area contributed by atoms with Crippen molar-refractivity contribution < 1.29 is 14.3 Å². The van der Waals surface area contributed by atoms with Crippen molar-refractivity contribution in [3.05, 3.63) is 64.1 Å². The van der Waals surface area contributed by atoms with E-state index in [1.54, 1.807) is 37.3 Å². The highest BCUT2D eigenvalue weighted by Crippen LogP contribution is 2.27. The molecule has 1 saturated carbocycles. The van der Waals surface area contributed by atoms with Crippen LogP contribution in [0.2, 0.25) is 10.0 Å². The molecule has 31 heavy (non-hydrogen) atoms. The monoisotopic (exact) mass is 462 g/mol. The number of hydrogen-bond acceptors (Lipinski definition) is 3. The summed E-state index contributed by atoms with van der Waals surface area (Å²) in [6.07, 6.45) is 5.37. The van der Waals surface area contributed by atoms with E-state index in [1.165, 1.54) is 11.3 Å². The largest absolute Gasteiger partial charge is 0.484 e. The van der Waals surface area contributed by atoms with Gasteiger partial charge in [-0.3, -0.25) is 9.59 Å². The fourth-order valence-electron chi connectivity index (χ4n) is 3.75. The van der Waals surface area contributed by atoms with Crippen LogP contribution in [-0.4, -0.2) is 35.4 Å². The molecular weight excluding hydrogens is 435 g/mol. The van der Waals surface area contributed by atoms with Gasteiger partial charge in [-0.05, 0) is 44.0 Å². The maximum absolute atomic E-state index is 13.1. The van der Waals surface area contributed by atoms with Crippen LogP contribution in [0, 0.1) is 0 Å². The highest BCUT2D eigenvalue weighted by Gasteiger charge is 2.29. The molecule has 0 radical (unpaired) electrons. The first-order chi connectivity index (χ1) is 15.0. The van der Waals surface area contributed by atoms with Crippen LogP contribution in [0.1, 0.15) is 44.6 Å². The first kappa shape index (κ1) is 23.4. The fraction of sp³-hybridized carbons (Fsp3) is 0.417. The number of nitrogens with one attached hydrogen (secondary N) is 1. The standard InChI is InChI=1S/C24H28Cl2N2O3/c1-17(24(30)27-18-9-4-2-5-10-18)28(15-20-21(25)13-8-14-22(20)26)23(29)16-31-19-11-6-3-7-12-19/h3,6-8,11-14,17-18H,2,4-5,9-10,15-16H2,1H3,(H,27,30)/t17-/m1/s1. The van der Waals surface area contributed by atoms with Gasteiger partial charge in [0.05, 0.1) is 0 Å². The minimum atomic E-state index is -0.693. The van der Waals surface area contributed by atoms with Gasteiger partial charge >= 0.3 is 0 Å². The Morgan fingerprint density at radius 1 is 1.03 bits per heavy atom. The summed E-state index contributed by atoms with van der Waals surface area (Å²) in [6, 6.07) is 13.8. The lowest BCUT2D eigenvalue weighted by Gasteiger charge is -2.31. The van der Waals surface area contributed by atoms with Gasteiger partial charge in [-0.1, -0.05) is 66.7 Å². The maximum Gasteiger partial charge on any atom is 0.261 e. The van der Waals surface area contributed by atoms with Gasteiger partial charge in [0.1, 0.15) is 11.8 Å². The molecule has 0 aromatic heterocycles. The first-order valence-electron chi connectivity index (χ1n) is 10.7. The zero-order valence-electron chi connectivity index (χ0n) is 17.7. The van der Waals surface area contributed by atoms with E-state index in [9.17, 15) is 9.59 Å². The Morgan fingerprint density at radius 3 is 2.32 bits per heavy atom. The van der Waals surface area contributed by atoms with Gasteiger partial charge in [-0.25, -0.2) is 0 Å². The molecular formula is C24H28Cl2N2O3. The Labute approximate surface area is 193 Å². The van der Waals surface area contributed by atoms with Crippen LogP contribution >= 0.6 is 23.2 Å². The van der Waals surface area contributed by atoms with Crippen LogP contribution in [0.15, 0.2) is 48.5 Å². The molecule has 2 aromatic carbocycles. The van der Waals surface area contributed by atoms with E-state index in [-0.39, 0.29) is 31.0 Å². The van der Waals surface area contributed by atoms with Crippen molar-refractivity contribution in [3.63, 3.8) is 0 Å². The third-order valence-electron chi connectivity index (χ3n) is 5.61. The van der Waals surface area contributed by atoms with Crippen LogP contribution in [0.3, 0.4) is 0 Å². The number of nitrogens with zero attached hydrogens (tertiary/aromatic N) is 1. The summed E-state index contributed by atoms with van der Waals surface area (Å²) >= 11 is 12.7. The Hall–Kier alpha value is -2.24. The Balaban J connectivity index is 1.75. The normalized spacial score (nSPS) is 15.2. The summed E-state index contributed by atoms with van der Waals surface area (Å²) in [6.45, 7) is 1.66. The lowest BCUT2D eigenvalue weighted by molar-refractivity contribution is -0.142. The molecule has 166 valence electrons. The highest BCUT2D eigenvalue weighted by molar-refractivity contribution is 6.36. The van der Waals surface area contributed by atoms with Crippen molar-refractivity contribution in [2.75, 3.05) is 6.61 Å². The maximum atomic E-state index is 13.1. The van der Waals surface area contributed by atoms with Gasteiger partial charge in [0.25, 0.3) is 5.91 Å². The molecule has 1 N–H and O–H groups in total. The predicted octanol–water partition coefficient (Wildman–Crippen LogP) is 5.24. The van der Waals surface area contributed by atoms with Crippen LogP contribution in [0.25, 0.3) is 0 Å². The topological polar surface area (TPSA) is 58.6 Å². The van der Waals surface area contributed by atoms with Crippen molar-refractivity contribution >= 4 is 35.0 Å². The van der Waals surface area contributed by atoms with Crippen LogP contribution in [0.5, 0.6) is 5.75 Å². The number of carbonyl (C=O) groups excluding carboxylic acids is 2. The molecule has 0 spiro atoms. The highest BCUT2D eigenvalue weighted by atomic mass is 35.5. The summed E-state index contributed by atoms with van der Waals surface area (Å²) in [5, 5.41) is 4.01. The molecule has 0 saturated heterocycles.